The number of likely N-dealkylation sites (tertiary alicyclic amines) is 1. The highest BCUT2D eigenvalue weighted by molar-refractivity contribution is 5.95. The Morgan fingerprint density at radius 2 is 2.20 bits per heavy atom. The highest BCUT2D eigenvalue weighted by Crippen LogP contribution is 2.24. The van der Waals surface area contributed by atoms with E-state index in [1.807, 2.05) is 24.8 Å². The molecule has 1 aromatic heterocycles. The molecule has 110 valence electrons. The maximum Gasteiger partial charge on any atom is 0.256 e. The number of carbonyl (C=O) groups excluding carboxylic acids is 1. The maximum atomic E-state index is 12.8. The predicted molar refractivity (Wildman–Crippen MR) is 78.4 cm³/mol. The molecule has 0 spiro atoms. The molecular formula is C15H24N4O. The van der Waals surface area contributed by atoms with Gasteiger partial charge in [0, 0.05) is 12.6 Å². The van der Waals surface area contributed by atoms with E-state index in [4.69, 9.17) is 5.73 Å². The SMILES string of the molecule is CCc1nnc(C)cc1C(=O)N1CC(CN)CCC1C. The molecule has 2 unspecified atom stereocenters. The molecule has 0 aliphatic carbocycles. The van der Waals surface area contributed by atoms with Crippen LogP contribution < -0.4 is 5.73 Å². The summed E-state index contributed by atoms with van der Waals surface area (Å²) in [6.07, 6.45) is 2.85. The monoisotopic (exact) mass is 276 g/mol. The molecule has 0 radical (unpaired) electrons. The average molecular weight is 276 g/mol. The quantitative estimate of drug-likeness (QED) is 0.909. The van der Waals surface area contributed by atoms with E-state index in [2.05, 4.69) is 17.1 Å². The van der Waals surface area contributed by atoms with Crippen LogP contribution in [0.1, 0.15) is 48.4 Å². The number of aromatic nitrogens is 2. The predicted octanol–water partition coefficient (Wildman–Crippen LogP) is 1.55. The van der Waals surface area contributed by atoms with Crippen LogP contribution >= 0.6 is 0 Å². The molecule has 1 aliphatic heterocycles. The molecule has 2 heterocycles. The summed E-state index contributed by atoms with van der Waals surface area (Å²) >= 11 is 0. The van der Waals surface area contributed by atoms with Gasteiger partial charge in [-0.2, -0.15) is 10.2 Å². The molecule has 0 aromatic carbocycles. The largest absolute Gasteiger partial charge is 0.336 e. The van der Waals surface area contributed by atoms with Gasteiger partial charge in [-0.05, 0) is 51.6 Å². The van der Waals surface area contributed by atoms with Crippen LogP contribution in [-0.2, 0) is 6.42 Å². The van der Waals surface area contributed by atoms with E-state index in [0.717, 1.165) is 37.2 Å². The van der Waals surface area contributed by atoms with Crippen molar-refractivity contribution in [3.8, 4) is 0 Å². The zero-order valence-electron chi connectivity index (χ0n) is 12.6. The van der Waals surface area contributed by atoms with Gasteiger partial charge in [0.25, 0.3) is 5.91 Å². The third-order valence-corrected chi connectivity index (χ3v) is 4.13. The van der Waals surface area contributed by atoms with Crippen molar-refractivity contribution < 1.29 is 4.79 Å². The lowest BCUT2D eigenvalue weighted by Crippen LogP contribution is -2.47. The van der Waals surface area contributed by atoms with Crippen molar-refractivity contribution >= 4 is 5.91 Å². The van der Waals surface area contributed by atoms with Crippen molar-refractivity contribution in [1.29, 1.82) is 0 Å². The zero-order valence-corrected chi connectivity index (χ0v) is 12.6. The normalized spacial score (nSPS) is 22.9. The Bertz CT molecular complexity index is 489. The molecule has 1 amide bonds. The summed E-state index contributed by atoms with van der Waals surface area (Å²) < 4.78 is 0. The van der Waals surface area contributed by atoms with E-state index >= 15 is 0 Å². The molecule has 1 fully saturated rings. The van der Waals surface area contributed by atoms with E-state index in [9.17, 15) is 4.79 Å². The molecule has 1 saturated heterocycles. The molecule has 2 N–H and O–H groups in total. The van der Waals surface area contributed by atoms with Gasteiger partial charge in [0.1, 0.15) is 0 Å². The number of nitrogens with two attached hydrogens (primary N) is 1. The van der Waals surface area contributed by atoms with Gasteiger partial charge < -0.3 is 10.6 Å². The summed E-state index contributed by atoms with van der Waals surface area (Å²) in [5.41, 5.74) is 8.03. The van der Waals surface area contributed by atoms with Gasteiger partial charge in [0.05, 0.1) is 17.0 Å². The van der Waals surface area contributed by atoms with Crippen LogP contribution in [-0.4, -0.2) is 40.1 Å². The number of hydrogen-bond acceptors (Lipinski definition) is 4. The summed E-state index contributed by atoms with van der Waals surface area (Å²) in [6.45, 7) is 7.37. The summed E-state index contributed by atoms with van der Waals surface area (Å²) in [5.74, 6) is 0.488. The van der Waals surface area contributed by atoms with Gasteiger partial charge in [0.15, 0.2) is 0 Å². The molecule has 2 atom stereocenters. The number of piperidine rings is 1. The Hall–Kier alpha value is -1.49. The van der Waals surface area contributed by atoms with Crippen molar-refractivity contribution in [1.82, 2.24) is 15.1 Å². The van der Waals surface area contributed by atoms with Gasteiger partial charge in [-0.3, -0.25) is 4.79 Å². The Kier molecular flexibility index (Phi) is 4.70. The fourth-order valence-electron chi connectivity index (χ4n) is 2.77. The molecular weight excluding hydrogens is 252 g/mol. The molecule has 1 aromatic rings. The Labute approximate surface area is 120 Å². The second kappa shape index (κ2) is 6.31. The third-order valence-electron chi connectivity index (χ3n) is 4.13. The standard InChI is InChI=1S/C15H24N4O/c1-4-14-13(7-10(2)17-18-14)15(20)19-9-12(8-16)6-5-11(19)3/h7,11-12H,4-6,8-9,16H2,1-3H3. The second-order valence-corrected chi connectivity index (χ2v) is 5.69. The minimum absolute atomic E-state index is 0.0745. The highest BCUT2D eigenvalue weighted by Gasteiger charge is 2.30. The van der Waals surface area contributed by atoms with Crippen molar-refractivity contribution in [2.24, 2.45) is 11.7 Å². The topological polar surface area (TPSA) is 72.1 Å². The summed E-state index contributed by atoms with van der Waals surface area (Å²) in [4.78, 5) is 14.8. The maximum absolute atomic E-state index is 12.8. The zero-order chi connectivity index (χ0) is 14.7. The summed E-state index contributed by atoms with van der Waals surface area (Å²) in [6, 6.07) is 2.12. The van der Waals surface area contributed by atoms with Crippen LogP contribution in [0.5, 0.6) is 0 Å². The fraction of sp³-hybridized carbons (Fsp3) is 0.667. The number of carbonyl (C=O) groups is 1. The van der Waals surface area contributed by atoms with Gasteiger partial charge in [-0.1, -0.05) is 6.92 Å². The van der Waals surface area contributed by atoms with Crippen LogP contribution in [0.4, 0.5) is 0 Å². The molecule has 5 nitrogen and oxygen atoms in total. The van der Waals surface area contributed by atoms with Crippen molar-refractivity contribution in [2.45, 2.75) is 46.1 Å². The first-order valence-corrected chi connectivity index (χ1v) is 7.41. The second-order valence-electron chi connectivity index (χ2n) is 5.69. The number of aryl methyl sites for hydroxylation is 2. The van der Waals surface area contributed by atoms with Crippen molar-refractivity contribution in [3.05, 3.63) is 23.0 Å². The lowest BCUT2D eigenvalue weighted by molar-refractivity contribution is 0.0565. The lowest BCUT2D eigenvalue weighted by atomic mass is 9.92. The minimum atomic E-state index is 0.0745. The summed E-state index contributed by atoms with van der Waals surface area (Å²) in [7, 11) is 0. The molecule has 0 saturated carbocycles. The van der Waals surface area contributed by atoms with Crippen molar-refractivity contribution in [3.63, 3.8) is 0 Å². The first kappa shape index (κ1) is 14.9. The Morgan fingerprint density at radius 1 is 1.45 bits per heavy atom. The minimum Gasteiger partial charge on any atom is -0.336 e. The number of amides is 1. The Morgan fingerprint density at radius 3 is 2.85 bits per heavy atom. The first-order valence-electron chi connectivity index (χ1n) is 7.41. The molecule has 2 rings (SSSR count). The van der Waals surface area contributed by atoms with Gasteiger partial charge in [-0.15, -0.1) is 0 Å². The van der Waals surface area contributed by atoms with Crippen LogP contribution in [0.15, 0.2) is 6.07 Å². The number of rotatable bonds is 3. The van der Waals surface area contributed by atoms with Gasteiger partial charge >= 0.3 is 0 Å². The lowest BCUT2D eigenvalue weighted by Gasteiger charge is -2.38. The molecule has 1 aliphatic rings. The molecule has 20 heavy (non-hydrogen) atoms. The smallest absolute Gasteiger partial charge is 0.256 e. The van der Waals surface area contributed by atoms with Crippen molar-refractivity contribution in [2.75, 3.05) is 13.1 Å². The molecule has 0 bridgehead atoms. The van der Waals surface area contributed by atoms with E-state index in [0.29, 0.717) is 18.0 Å². The van der Waals surface area contributed by atoms with Crippen LogP contribution in [0.3, 0.4) is 0 Å². The van der Waals surface area contributed by atoms with E-state index in [1.165, 1.54) is 0 Å². The average Bonchev–Trinajstić information content (AvgIpc) is 2.47. The van der Waals surface area contributed by atoms with E-state index < -0.39 is 0 Å². The van der Waals surface area contributed by atoms with Gasteiger partial charge in [-0.25, -0.2) is 0 Å². The molecule has 5 heteroatoms. The van der Waals surface area contributed by atoms with Crippen LogP contribution in [0.25, 0.3) is 0 Å². The highest BCUT2D eigenvalue weighted by atomic mass is 16.2. The fourth-order valence-corrected chi connectivity index (χ4v) is 2.77. The Balaban J connectivity index is 2.27. The van der Waals surface area contributed by atoms with Crippen LogP contribution in [0.2, 0.25) is 0 Å². The third kappa shape index (κ3) is 2.98. The van der Waals surface area contributed by atoms with Gasteiger partial charge in [0.2, 0.25) is 0 Å². The number of hydrogen-bond donors (Lipinski definition) is 1. The summed E-state index contributed by atoms with van der Waals surface area (Å²) in [5, 5.41) is 8.20. The van der Waals surface area contributed by atoms with E-state index in [-0.39, 0.29) is 11.9 Å². The first-order chi connectivity index (χ1) is 9.56. The number of nitrogens with zero attached hydrogens (tertiary/aromatic N) is 3. The van der Waals surface area contributed by atoms with E-state index in [1.54, 1.807) is 0 Å². The van der Waals surface area contributed by atoms with Crippen LogP contribution in [0, 0.1) is 12.8 Å².